The molecular formula is C21H26ClIN6O. The highest BCUT2D eigenvalue weighted by molar-refractivity contribution is 14.0. The molecule has 0 amide bonds. The number of hydrogen-bond donors (Lipinski definition) is 2. The van der Waals surface area contributed by atoms with Crippen LogP contribution in [0.3, 0.4) is 0 Å². The molecule has 1 aromatic carbocycles. The lowest BCUT2D eigenvalue weighted by Crippen LogP contribution is -2.39. The van der Waals surface area contributed by atoms with Gasteiger partial charge in [0, 0.05) is 31.5 Å². The van der Waals surface area contributed by atoms with Gasteiger partial charge in [0.25, 0.3) is 0 Å². The van der Waals surface area contributed by atoms with Crippen molar-refractivity contribution in [1.82, 2.24) is 25.4 Å². The number of aliphatic imine (C=N–C) groups is 1. The Labute approximate surface area is 198 Å². The molecule has 30 heavy (non-hydrogen) atoms. The van der Waals surface area contributed by atoms with Gasteiger partial charge in [0.15, 0.2) is 5.96 Å². The first-order chi connectivity index (χ1) is 14.1. The second kappa shape index (κ2) is 11.8. The zero-order valence-electron chi connectivity index (χ0n) is 17.2. The van der Waals surface area contributed by atoms with Gasteiger partial charge in [-0.1, -0.05) is 29.8 Å². The predicted octanol–water partition coefficient (Wildman–Crippen LogP) is 3.90. The lowest BCUT2D eigenvalue weighted by atomic mass is 10.1. The van der Waals surface area contributed by atoms with E-state index < -0.39 is 0 Å². The molecule has 0 bridgehead atoms. The van der Waals surface area contributed by atoms with Crippen molar-refractivity contribution in [2.24, 2.45) is 4.99 Å². The number of benzene rings is 1. The smallest absolute Gasteiger partial charge is 0.213 e. The van der Waals surface area contributed by atoms with Crippen LogP contribution in [-0.2, 0) is 6.54 Å². The molecule has 0 fully saturated rings. The Morgan fingerprint density at radius 2 is 1.97 bits per heavy atom. The Hall–Kier alpha value is -2.33. The summed E-state index contributed by atoms with van der Waals surface area (Å²) >= 11 is 5.82. The molecular weight excluding hydrogens is 515 g/mol. The molecule has 0 saturated carbocycles. The molecule has 0 saturated heterocycles. The first-order valence-electron chi connectivity index (χ1n) is 9.37. The van der Waals surface area contributed by atoms with Gasteiger partial charge in [-0.15, -0.1) is 24.0 Å². The normalized spacial score (nSPS) is 11.0. The van der Waals surface area contributed by atoms with Gasteiger partial charge >= 0.3 is 0 Å². The van der Waals surface area contributed by atoms with E-state index in [-0.39, 0.29) is 24.0 Å². The van der Waals surface area contributed by atoms with Gasteiger partial charge in [0.2, 0.25) is 5.88 Å². The molecule has 2 aromatic heterocycles. The molecule has 0 aliphatic rings. The second-order valence-electron chi connectivity index (χ2n) is 6.48. The maximum absolute atomic E-state index is 5.82. The highest BCUT2D eigenvalue weighted by Gasteiger charge is 2.09. The Balaban J connectivity index is 0.00000320. The number of nitrogens with zero attached hydrogens (tertiary/aromatic N) is 4. The fraction of sp³-hybridized carbons (Fsp3) is 0.286. The lowest BCUT2D eigenvalue weighted by molar-refractivity contribution is 0.309. The molecule has 9 heteroatoms. The number of hydrogen-bond acceptors (Lipinski definition) is 4. The van der Waals surface area contributed by atoms with Crippen LogP contribution < -0.4 is 15.4 Å². The van der Waals surface area contributed by atoms with Gasteiger partial charge in [-0.2, -0.15) is 5.10 Å². The number of ether oxygens (including phenoxy) is 1. The highest BCUT2D eigenvalue weighted by Crippen LogP contribution is 2.17. The zero-order valence-corrected chi connectivity index (χ0v) is 20.3. The molecule has 2 heterocycles. The molecule has 2 N–H and O–H groups in total. The van der Waals surface area contributed by atoms with Gasteiger partial charge in [0.1, 0.15) is 6.61 Å². The van der Waals surface area contributed by atoms with Crippen LogP contribution in [0.15, 0.2) is 53.7 Å². The Kier molecular flexibility index (Phi) is 9.38. The summed E-state index contributed by atoms with van der Waals surface area (Å²) in [6, 6.07) is 13.8. The third-order valence-corrected chi connectivity index (χ3v) is 4.47. The van der Waals surface area contributed by atoms with Crippen LogP contribution in [0, 0.1) is 13.8 Å². The SMILES string of the molecule is CN=C(NCCOc1ccc(Cl)cn1)NCc1ccccc1-n1nc(C)cc1C.I. The van der Waals surface area contributed by atoms with E-state index in [1.807, 2.05) is 23.7 Å². The van der Waals surface area contributed by atoms with Crippen LogP contribution in [-0.4, -0.2) is 40.9 Å². The monoisotopic (exact) mass is 540 g/mol. The highest BCUT2D eigenvalue weighted by atomic mass is 127. The number of aromatic nitrogens is 3. The standard InChI is InChI=1S/C21H25ClN6O.HI/c1-15-12-16(2)28(27-15)19-7-5-4-6-17(19)13-26-21(23-3)24-10-11-29-20-9-8-18(22)14-25-20;/h4-9,12,14H,10-11,13H2,1-3H3,(H2,23,24,26);1H. The van der Waals surface area contributed by atoms with Crippen LogP contribution in [0.25, 0.3) is 5.69 Å². The van der Waals surface area contributed by atoms with Crippen molar-refractivity contribution in [2.45, 2.75) is 20.4 Å². The van der Waals surface area contributed by atoms with Crippen molar-refractivity contribution >= 4 is 41.5 Å². The summed E-state index contributed by atoms with van der Waals surface area (Å²) < 4.78 is 7.55. The molecule has 160 valence electrons. The Morgan fingerprint density at radius 1 is 1.17 bits per heavy atom. The van der Waals surface area contributed by atoms with Gasteiger partial charge < -0.3 is 15.4 Å². The number of nitrogens with one attached hydrogen (secondary N) is 2. The molecule has 3 aromatic rings. The van der Waals surface area contributed by atoms with E-state index in [2.05, 4.69) is 50.8 Å². The quantitative estimate of drug-likeness (QED) is 0.206. The van der Waals surface area contributed by atoms with E-state index in [0.717, 1.165) is 22.6 Å². The fourth-order valence-corrected chi connectivity index (χ4v) is 3.02. The van der Waals surface area contributed by atoms with Crippen LogP contribution in [0.4, 0.5) is 0 Å². The van der Waals surface area contributed by atoms with Crippen molar-refractivity contribution in [3.8, 4) is 11.6 Å². The third kappa shape index (κ3) is 6.60. The van der Waals surface area contributed by atoms with Crippen molar-refractivity contribution in [3.05, 3.63) is 70.6 Å². The number of halogens is 2. The first-order valence-corrected chi connectivity index (χ1v) is 9.75. The van der Waals surface area contributed by atoms with E-state index in [4.69, 9.17) is 16.3 Å². The molecule has 7 nitrogen and oxygen atoms in total. The van der Waals surface area contributed by atoms with Crippen LogP contribution in [0.5, 0.6) is 5.88 Å². The number of aryl methyl sites for hydroxylation is 2. The number of guanidine groups is 1. The van der Waals surface area contributed by atoms with E-state index in [1.165, 1.54) is 0 Å². The van der Waals surface area contributed by atoms with Gasteiger partial charge in [-0.25, -0.2) is 9.67 Å². The molecule has 0 radical (unpaired) electrons. The second-order valence-corrected chi connectivity index (χ2v) is 6.92. The topological polar surface area (TPSA) is 76.4 Å². The number of rotatable bonds is 7. The lowest BCUT2D eigenvalue weighted by Gasteiger charge is -2.15. The van der Waals surface area contributed by atoms with Crippen molar-refractivity contribution in [1.29, 1.82) is 0 Å². The van der Waals surface area contributed by atoms with Gasteiger partial charge in [-0.05, 0) is 37.6 Å². The van der Waals surface area contributed by atoms with E-state index in [0.29, 0.717) is 36.6 Å². The van der Waals surface area contributed by atoms with Crippen LogP contribution in [0.1, 0.15) is 17.0 Å². The summed E-state index contributed by atoms with van der Waals surface area (Å²) in [5.41, 5.74) is 4.28. The third-order valence-electron chi connectivity index (χ3n) is 4.24. The van der Waals surface area contributed by atoms with E-state index in [1.54, 1.807) is 25.4 Å². The van der Waals surface area contributed by atoms with Crippen LogP contribution >= 0.6 is 35.6 Å². The summed E-state index contributed by atoms with van der Waals surface area (Å²) in [6.07, 6.45) is 1.56. The Bertz CT molecular complexity index is 974. The number of para-hydroxylation sites is 1. The maximum Gasteiger partial charge on any atom is 0.213 e. The fourth-order valence-electron chi connectivity index (χ4n) is 2.91. The average molecular weight is 541 g/mol. The minimum Gasteiger partial charge on any atom is -0.476 e. The summed E-state index contributed by atoms with van der Waals surface area (Å²) in [6.45, 7) is 5.71. The summed E-state index contributed by atoms with van der Waals surface area (Å²) in [5.74, 6) is 1.23. The molecule has 0 atom stereocenters. The summed E-state index contributed by atoms with van der Waals surface area (Å²) in [7, 11) is 1.74. The Morgan fingerprint density at radius 3 is 2.63 bits per heavy atom. The molecule has 0 unspecified atom stereocenters. The molecule has 0 aliphatic heterocycles. The molecule has 0 aliphatic carbocycles. The van der Waals surface area contributed by atoms with E-state index >= 15 is 0 Å². The molecule has 0 spiro atoms. The van der Waals surface area contributed by atoms with Crippen molar-refractivity contribution in [3.63, 3.8) is 0 Å². The minimum atomic E-state index is 0. The first kappa shape index (κ1) is 23.9. The van der Waals surface area contributed by atoms with Crippen molar-refractivity contribution < 1.29 is 4.74 Å². The minimum absolute atomic E-state index is 0. The van der Waals surface area contributed by atoms with Gasteiger partial charge in [-0.3, -0.25) is 4.99 Å². The van der Waals surface area contributed by atoms with Gasteiger partial charge in [0.05, 0.1) is 22.9 Å². The average Bonchev–Trinajstić information content (AvgIpc) is 3.07. The van der Waals surface area contributed by atoms with E-state index in [9.17, 15) is 0 Å². The van der Waals surface area contributed by atoms with Crippen molar-refractivity contribution in [2.75, 3.05) is 20.2 Å². The molecule has 3 rings (SSSR count). The summed E-state index contributed by atoms with van der Waals surface area (Å²) in [4.78, 5) is 8.37. The maximum atomic E-state index is 5.82. The summed E-state index contributed by atoms with van der Waals surface area (Å²) in [5, 5.41) is 11.8. The van der Waals surface area contributed by atoms with Crippen LogP contribution in [0.2, 0.25) is 5.02 Å². The number of pyridine rings is 1. The predicted molar refractivity (Wildman–Crippen MR) is 131 cm³/mol. The zero-order chi connectivity index (χ0) is 20.6. The largest absolute Gasteiger partial charge is 0.476 e.